The molecule has 1 amide bonds. The minimum atomic E-state index is -3.53. The predicted molar refractivity (Wildman–Crippen MR) is 97.1 cm³/mol. The highest BCUT2D eigenvalue weighted by Gasteiger charge is 2.32. The SMILES string of the molecule is Cc1ccc(S(=O)(=O)N2CCC(C(=O)NC(C)CCC(=O)O)CC2)cc1. The monoisotopic (exact) mass is 382 g/mol. The fourth-order valence-electron chi connectivity index (χ4n) is 2.99. The first-order chi connectivity index (χ1) is 12.2. The maximum atomic E-state index is 12.7. The Balaban J connectivity index is 1.89. The Labute approximate surface area is 154 Å². The Bertz CT molecular complexity index is 737. The topological polar surface area (TPSA) is 104 Å². The highest BCUT2D eigenvalue weighted by atomic mass is 32.2. The Kier molecular flexibility index (Phi) is 6.77. The van der Waals surface area contributed by atoms with Crippen LogP contribution in [0.1, 0.15) is 38.2 Å². The summed E-state index contributed by atoms with van der Waals surface area (Å²) in [5.74, 6) is -1.26. The Hall–Kier alpha value is -1.93. The third kappa shape index (κ3) is 5.28. The van der Waals surface area contributed by atoms with Crippen LogP contribution in [0.4, 0.5) is 0 Å². The van der Waals surface area contributed by atoms with Crippen molar-refractivity contribution in [3.63, 3.8) is 0 Å². The maximum absolute atomic E-state index is 12.7. The molecule has 1 saturated heterocycles. The number of carboxylic acid groups (broad SMARTS) is 1. The van der Waals surface area contributed by atoms with E-state index in [1.807, 2.05) is 6.92 Å². The van der Waals surface area contributed by atoms with Crippen molar-refractivity contribution in [3.05, 3.63) is 29.8 Å². The van der Waals surface area contributed by atoms with Gasteiger partial charge in [0.1, 0.15) is 0 Å². The molecule has 0 radical (unpaired) electrons. The summed E-state index contributed by atoms with van der Waals surface area (Å²) in [5, 5.41) is 11.5. The van der Waals surface area contributed by atoms with Gasteiger partial charge in [-0.1, -0.05) is 17.7 Å². The lowest BCUT2D eigenvalue weighted by Gasteiger charge is -2.31. The Morgan fingerprint density at radius 3 is 2.35 bits per heavy atom. The van der Waals surface area contributed by atoms with Crippen LogP contribution in [0.3, 0.4) is 0 Å². The van der Waals surface area contributed by atoms with E-state index in [2.05, 4.69) is 5.32 Å². The fourth-order valence-corrected chi connectivity index (χ4v) is 4.46. The van der Waals surface area contributed by atoms with E-state index in [9.17, 15) is 18.0 Å². The summed E-state index contributed by atoms with van der Waals surface area (Å²) in [5.41, 5.74) is 0.997. The number of aliphatic carboxylic acids is 1. The van der Waals surface area contributed by atoms with Crippen LogP contribution >= 0.6 is 0 Å². The van der Waals surface area contributed by atoms with E-state index in [1.54, 1.807) is 31.2 Å². The molecular weight excluding hydrogens is 356 g/mol. The van der Waals surface area contributed by atoms with Gasteiger partial charge in [0.2, 0.25) is 15.9 Å². The van der Waals surface area contributed by atoms with Gasteiger partial charge in [0, 0.05) is 31.5 Å². The molecule has 7 nitrogen and oxygen atoms in total. The number of carbonyl (C=O) groups is 2. The van der Waals surface area contributed by atoms with Gasteiger partial charge in [-0.3, -0.25) is 9.59 Å². The van der Waals surface area contributed by atoms with E-state index in [4.69, 9.17) is 5.11 Å². The first-order valence-corrected chi connectivity index (χ1v) is 10.2. The quantitative estimate of drug-likeness (QED) is 0.748. The number of carbonyl (C=O) groups excluding carboxylic acids is 1. The second-order valence-corrected chi connectivity index (χ2v) is 8.77. The van der Waals surface area contributed by atoms with Gasteiger partial charge in [0.25, 0.3) is 0 Å². The van der Waals surface area contributed by atoms with Gasteiger partial charge in [-0.2, -0.15) is 4.31 Å². The number of nitrogens with zero attached hydrogens (tertiary/aromatic N) is 1. The van der Waals surface area contributed by atoms with Gasteiger partial charge < -0.3 is 10.4 Å². The molecule has 2 N–H and O–H groups in total. The molecule has 1 aliphatic heterocycles. The molecule has 1 aliphatic rings. The van der Waals surface area contributed by atoms with Crippen molar-refractivity contribution in [1.82, 2.24) is 9.62 Å². The van der Waals surface area contributed by atoms with E-state index in [0.717, 1.165) is 5.56 Å². The largest absolute Gasteiger partial charge is 0.481 e. The number of benzene rings is 1. The lowest BCUT2D eigenvalue weighted by atomic mass is 9.96. The molecule has 0 aliphatic carbocycles. The molecule has 1 aromatic rings. The van der Waals surface area contributed by atoms with Gasteiger partial charge in [0.05, 0.1) is 4.90 Å². The van der Waals surface area contributed by atoms with Crippen molar-refractivity contribution in [3.8, 4) is 0 Å². The molecule has 1 aromatic carbocycles. The van der Waals surface area contributed by atoms with Crippen molar-refractivity contribution in [1.29, 1.82) is 0 Å². The van der Waals surface area contributed by atoms with Gasteiger partial charge in [-0.05, 0) is 45.2 Å². The van der Waals surface area contributed by atoms with Crippen LogP contribution in [0.5, 0.6) is 0 Å². The predicted octanol–water partition coefficient (Wildman–Crippen LogP) is 1.77. The Morgan fingerprint density at radius 1 is 1.23 bits per heavy atom. The summed E-state index contributed by atoms with van der Waals surface area (Å²) in [4.78, 5) is 23.1. The number of rotatable bonds is 7. The molecule has 1 fully saturated rings. The Morgan fingerprint density at radius 2 is 1.81 bits per heavy atom. The summed E-state index contributed by atoms with van der Waals surface area (Å²) < 4.78 is 26.8. The number of carboxylic acids is 1. The normalized spacial score (nSPS) is 17.6. The van der Waals surface area contributed by atoms with Crippen LogP contribution in [0.25, 0.3) is 0 Å². The molecule has 0 saturated carbocycles. The smallest absolute Gasteiger partial charge is 0.303 e. The third-order valence-electron chi connectivity index (χ3n) is 4.66. The first-order valence-electron chi connectivity index (χ1n) is 8.79. The molecule has 0 bridgehead atoms. The number of aryl methyl sites for hydroxylation is 1. The van der Waals surface area contributed by atoms with E-state index >= 15 is 0 Å². The maximum Gasteiger partial charge on any atom is 0.303 e. The molecule has 8 heteroatoms. The van der Waals surface area contributed by atoms with E-state index in [1.165, 1.54) is 4.31 Å². The van der Waals surface area contributed by atoms with Crippen molar-refractivity contribution in [2.24, 2.45) is 5.92 Å². The molecule has 144 valence electrons. The van der Waals surface area contributed by atoms with Crippen LogP contribution in [0, 0.1) is 12.8 Å². The molecule has 1 atom stereocenters. The van der Waals surface area contributed by atoms with Crippen LogP contribution < -0.4 is 5.32 Å². The van der Waals surface area contributed by atoms with E-state index in [-0.39, 0.29) is 29.2 Å². The zero-order chi connectivity index (χ0) is 19.3. The summed E-state index contributed by atoms with van der Waals surface area (Å²) in [7, 11) is -3.53. The van der Waals surface area contributed by atoms with Crippen LogP contribution in [0.15, 0.2) is 29.2 Å². The highest BCUT2D eigenvalue weighted by molar-refractivity contribution is 7.89. The van der Waals surface area contributed by atoms with Gasteiger partial charge in [-0.15, -0.1) is 0 Å². The minimum Gasteiger partial charge on any atom is -0.481 e. The van der Waals surface area contributed by atoms with E-state index < -0.39 is 16.0 Å². The standard InChI is InChI=1S/C18H26N2O5S/c1-13-3-6-16(7-4-13)26(24,25)20-11-9-15(10-12-20)18(23)19-14(2)5-8-17(21)22/h3-4,6-7,14-15H,5,8-12H2,1-2H3,(H,19,23)(H,21,22). The minimum absolute atomic E-state index is 0.00862. The number of hydrogen-bond donors (Lipinski definition) is 2. The molecular formula is C18H26N2O5S. The molecule has 0 spiro atoms. The lowest BCUT2D eigenvalue weighted by molar-refractivity contribution is -0.137. The zero-order valence-corrected chi connectivity index (χ0v) is 16.0. The highest BCUT2D eigenvalue weighted by Crippen LogP contribution is 2.24. The zero-order valence-electron chi connectivity index (χ0n) is 15.1. The number of amides is 1. The van der Waals surface area contributed by atoms with Crippen molar-refractivity contribution in [2.45, 2.75) is 50.5 Å². The first kappa shape index (κ1) is 20.4. The second-order valence-electron chi connectivity index (χ2n) is 6.83. The summed E-state index contributed by atoms with van der Waals surface area (Å²) in [6.07, 6.45) is 1.31. The van der Waals surface area contributed by atoms with Crippen LogP contribution in [-0.4, -0.2) is 48.8 Å². The van der Waals surface area contributed by atoms with Gasteiger partial charge in [-0.25, -0.2) is 8.42 Å². The van der Waals surface area contributed by atoms with Crippen LogP contribution in [0.2, 0.25) is 0 Å². The van der Waals surface area contributed by atoms with Crippen molar-refractivity contribution in [2.75, 3.05) is 13.1 Å². The molecule has 0 aromatic heterocycles. The fraction of sp³-hybridized carbons (Fsp3) is 0.556. The molecule has 1 unspecified atom stereocenters. The number of piperidine rings is 1. The molecule has 26 heavy (non-hydrogen) atoms. The van der Waals surface area contributed by atoms with Gasteiger partial charge >= 0.3 is 5.97 Å². The summed E-state index contributed by atoms with van der Waals surface area (Å²) >= 11 is 0. The van der Waals surface area contributed by atoms with Crippen molar-refractivity contribution >= 4 is 21.9 Å². The third-order valence-corrected chi connectivity index (χ3v) is 6.58. The molecule has 2 rings (SSSR count). The summed E-state index contributed by atoms with van der Waals surface area (Å²) in [6.45, 7) is 4.28. The summed E-state index contributed by atoms with van der Waals surface area (Å²) in [6, 6.07) is 6.53. The number of nitrogens with one attached hydrogen (secondary N) is 1. The van der Waals surface area contributed by atoms with Crippen LogP contribution in [-0.2, 0) is 19.6 Å². The number of sulfonamides is 1. The average Bonchev–Trinajstić information content (AvgIpc) is 2.60. The second kappa shape index (κ2) is 8.64. The van der Waals surface area contributed by atoms with Gasteiger partial charge in [0.15, 0.2) is 0 Å². The van der Waals surface area contributed by atoms with Crippen molar-refractivity contribution < 1.29 is 23.1 Å². The van der Waals surface area contributed by atoms with E-state index in [0.29, 0.717) is 32.4 Å². The average molecular weight is 382 g/mol. The molecule has 1 heterocycles. The number of hydrogen-bond acceptors (Lipinski definition) is 4. The lowest BCUT2D eigenvalue weighted by Crippen LogP contribution is -2.44.